The lowest BCUT2D eigenvalue weighted by molar-refractivity contribution is 0.0961. The van der Waals surface area contributed by atoms with Gasteiger partial charge in [0.25, 0.3) is 11.8 Å². The molecule has 0 fully saturated rings. The Hall–Kier alpha value is -2.73. The highest BCUT2D eigenvalue weighted by molar-refractivity contribution is 6.32. The summed E-state index contributed by atoms with van der Waals surface area (Å²) in [6.07, 6.45) is 0. The Kier molecular flexibility index (Phi) is 5.65. The van der Waals surface area contributed by atoms with Crippen LogP contribution < -0.4 is 20.1 Å². The van der Waals surface area contributed by atoms with E-state index in [9.17, 15) is 9.59 Å². The number of carbonyl (C=O) groups is 2. The lowest BCUT2D eigenvalue weighted by atomic mass is 10.1. The normalized spacial score (nSPS) is 10.0. The lowest BCUT2D eigenvalue weighted by Crippen LogP contribution is -2.18. The van der Waals surface area contributed by atoms with Gasteiger partial charge >= 0.3 is 0 Å². The lowest BCUT2D eigenvalue weighted by Gasteiger charge is -2.12. The third-order valence-corrected chi connectivity index (χ3v) is 3.59. The van der Waals surface area contributed by atoms with E-state index in [0.717, 1.165) is 0 Å². The summed E-state index contributed by atoms with van der Waals surface area (Å²) in [6, 6.07) is 9.62. The molecule has 0 bridgehead atoms. The molecule has 0 aromatic heterocycles. The summed E-state index contributed by atoms with van der Waals surface area (Å²) < 4.78 is 10.3. The second-order valence-corrected chi connectivity index (χ2v) is 5.21. The number of carbonyl (C=O) groups excluding carboxylic acids is 2. The summed E-state index contributed by atoms with van der Waals surface area (Å²) >= 11 is 6.11. The van der Waals surface area contributed by atoms with Gasteiger partial charge in [-0.15, -0.1) is 0 Å². The van der Waals surface area contributed by atoms with Gasteiger partial charge in [0.05, 0.1) is 19.2 Å². The van der Waals surface area contributed by atoms with Crippen molar-refractivity contribution < 1.29 is 19.1 Å². The maximum absolute atomic E-state index is 12.4. The fourth-order valence-electron chi connectivity index (χ4n) is 2.13. The number of ether oxygens (including phenoxy) is 2. The number of amides is 2. The molecular weight excluding hydrogens is 332 g/mol. The zero-order chi connectivity index (χ0) is 17.7. The van der Waals surface area contributed by atoms with Crippen LogP contribution in [0.25, 0.3) is 0 Å². The number of halogens is 1. The molecular formula is C17H17ClN2O4. The minimum atomic E-state index is -0.382. The Bertz CT molecular complexity index is 777. The zero-order valence-electron chi connectivity index (χ0n) is 13.5. The van der Waals surface area contributed by atoms with E-state index in [2.05, 4.69) is 10.6 Å². The molecule has 2 rings (SSSR count). The summed E-state index contributed by atoms with van der Waals surface area (Å²) in [5.41, 5.74) is 1.25. The van der Waals surface area contributed by atoms with Crippen LogP contribution in [0.15, 0.2) is 36.4 Å². The third-order valence-electron chi connectivity index (χ3n) is 3.31. The van der Waals surface area contributed by atoms with Crippen molar-refractivity contribution in [1.29, 1.82) is 0 Å². The molecule has 2 N–H and O–H groups in total. The first-order chi connectivity index (χ1) is 11.5. The SMILES string of the molecule is CNC(=O)c1cccc(NC(=O)c2cc(Cl)c(OC)c(OC)c2)c1. The van der Waals surface area contributed by atoms with Gasteiger partial charge in [-0.3, -0.25) is 9.59 Å². The number of benzene rings is 2. The van der Waals surface area contributed by atoms with Gasteiger partial charge in [-0.05, 0) is 30.3 Å². The summed E-state index contributed by atoms with van der Waals surface area (Å²) in [5, 5.41) is 5.51. The Morgan fingerprint density at radius 1 is 1.00 bits per heavy atom. The fraction of sp³-hybridized carbons (Fsp3) is 0.176. The molecule has 0 spiro atoms. The molecule has 0 saturated heterocycles. The van der Waals surface area contributed by atoms with Crippen LogP contribution in [-0.2, 0) is 0 Å². The quantitative estimate of drug-likeness (QED) is 0.871. The van der Waals surface area contributed by atoms with Crippen molar-refractivity contribution in [3.05, 3.63) is 52.5 Å². The third kappa shape index (κ3) is 3.78. The topological polar surface area (TPSA) is 76.7 Å². The van der Waals surface area contributed by atoms with Gasteiger partial charge < -0.3 is 20.1 Å². The van der Waals surface area contributed by atoms with Crippen molar-refractivity contribution in [2.75, 3.05) is 26.6 Å². The first kappa shape index (κ1) is 17.6. The van der Waals surface area contributed by atoms with Crippen molar-refractivity contribution in [2.24, 2.45) is 0 Å². The summed E-state index contributed by atoms with van der Waals surface area (Å²) in [6.45, 7) is 0. The molecule has 7 heteroatoms. The van der Waals surface area contributed by atoms with Gasteiger partial charge in [0.2, 0.25) is 0 Å². The van der Waals surface area contributed by atoms with Gasteiger partial charge in [-0.2, -0.15) is 0 Å². The molecule has 0 saturated carbocycles. The number of methoxy groups -OCH3 is 2. The molecule has 0 heterocycles. The Morgan fingerprint density at radius 3 is 2.38 bits per heavy atom. The number of rotatable bonds is 5. The molecule has 2 amide bonds. The average molecular weight is 349 g/mol. The molecule has 0 radical (unpaired) electrons. The number of hydrogen-bond donors (Lipinski definition) is 2. The van der Waals surface area contributed by atoms with Gasteiger partial charge in [0, 0.05) is 23.9 Å². The molecule has 0 aliphatic carbocycles. The van der Waals surface area contributed by atoms with Gasteiger partial charge in [-0.25, -0.2) is 0 Å². The summed E-state index contributed by atoms with van der Waals surface area (Å²) in [4.78, 5) is 24.1. The van der Waals surface area contributed by atoms with Crippen LogP contribution in [0.5, 0.6) is 11.5 Å². The second-order valence-electron chi connectivity index (χ2n) is 4.81. The monoisotopic (exact) mass is 348 g/mol. The van der Waals surface area contributed by atoms with Crippen molar-refractivity contribution >= 4 is 29.1 Å². The Labute approximate surface area is 144 Å². The van der Waals surface area contributed by atoms with E-state index in [1.807, 2.05) is 0 Å². The molecule has 0 aliphatic heterocycles. The summed E-state index contributed by atoms with van der Waals surface area (Å²) in [5.74, 6) is 0.0961. The maximum atomic E-state index is 12.4. The van der Waals surface area contributed by atoms with E-state index in [0.29, 0.717) is 28.3 Å². The second kappa shape index (κ2) is 7.70. The smallest absolute Gasteiger partial charge is 0.255 e. The van der Waals surface area contributed by atoms with Crippen LogP contribution in [0.1, 0.15) is 20.7 Å². The van der Waals surface area contributed by atoms with E-state index in [1.54, 1.807) is 31.3 Å². The highest BCUT2D eigenvalue weighted by Gasteiger charge is 2.15. The predicted molar refractivity (Wildman–Crippen MR) is 92.3 cm³/mol. The van der Waals surface area contributed by atoms with Crippen molar-refractivity contribution in [2.45, 2.75) is 0 Å². The minimum absolute atomic E-state index is 0.236. The molecule has 2 aromatic rings. The van der Waals surface area contributed by atoms with Crippen molar-refractivity contribution in [3.63, 3.8) is 0 Å². The molecule has 6 nitrogen and oxygen atoms in total. The highest BCUT2D eigenvalue weighted by atomic mass is 35.5. The van der Waals surface area contributed by atoms with E-state index < -0.39 is 0 Å². The zero-order valence-corrected chi connectivity index (χ0v) is 14.2. The largest absolute Gasteiger partial charge is 0.493 e. The Morgan fingerprint density at radius 2 is 1.75 bits per heavy atom. The first-order valence-corrected chi connectivity index (χ1v) is 7.43. The minimum Gasteiger partial charge on any atom is -0.493 e. The number of anilines is 1. The van der Waals surface area contributed by atoms with E-state index in [1.165, 1.54) is 26.4 Å². The molecule has 24 heavy (non-hydrogen) atoms. The van der Waals surface area contributed by atoms with Crippen LogP contribution in [0, 0.1) is 0 Å². The van der Waals surface area contributed by atoms with Crippen molar-refractivity contribution in [3.8, 4) is 11.5 Å². The molecule has 0 atom stereocenters. The predicted octanol–water partition coefficient (Wildman–Crippen LogP) is 2.97. The molecule has 126 valence electrons. The molecule has 2 aromatic carbocycles. The van der Waals surface area contributed by atoms with E-state index >= 15 is 0 Å². The van der Waals surface area contributed by atoms with Crippen LogP contribution in [0.4, 0.5) is 5.69 Å². The number of hydrogen-bond acceptors (Lipinski definition) is 4. The fourth-order valence-corrected chi connectivity index (χ4v) is 2.42. The maximum Gasteiger partial charge on any atom is 0.255 e. The van der Waals surface area contributed by atoms with E-state index in [4.69, 9.17) is 21.1 Å². The van der Waals surface area contributed by atoms with Crippen LogP contribution in [-0.4, -0.2) is 33.1 Å². The standard InChI is InChI=1S/C17H17ClN2O4/c1-19-16(21)10-5-4-6-12(7-10)20-17(22)11-8-13(18)15(24-3)14(9-11)23-2/h4-9H,1-3H3,(H,19,21)(H,20,22). The van der Waals surface area contributed by atoms with Gasteiger partial charge in [0.1, 0.15) is 0 Å². The number of nitrogens with one attached hydrogen (secondary N) is 2. The first-order valence-electron chi connectivity index (χ1n) is 7.05. The van der Waals surface area contributed by atoms with Crippen LogP contribution >= 0.6 is 11.6 Å². The van der Waals surface area contributed by atoms with Crippen LogP contribution in [0.3, 0.4) is 0 Å². The van der Waals surface area contributed by atoms with Gasteiger partial charge in [0.15, 0.2) is 11.5 Å². The highest BCUT2D eigenvalue weighted by Crippen LogP contribution is 2.36. The molecule has 0 unspecified atom stereocenters. The average Bonchev–Trinajstić information content (AvgIpc) is 2.60. The Balaban J connectivity index is 2.27. The van der Waals surface area contributed by atoms with E-state index in [-0.39, 0.29) is 16.8 Å². The molecule has 0 aliphatic rings. The summed E-state index contributed by atoms with van der Waals surface area (Å²) in [7, 11) is 4.47. The van der Waals surface area contributed by atoms with Crippen molar-refractivity contribution in [1.82, 2.24) is 5.32 Å². The van der Waals surface area contributed by atoms with Crippen LogP contribution in [0.2, 0.25) is 5.02 Å². The van der Waals surface area contributed by atoms with Gasteiger partial charge in [-0.1, -0.05) is 17.7 Å².